The monoisotopic (exact) mass is 391 g/mol. The number of nitrogens with zero attached hydrogens (tertiary/aromatic N) is 2. The molecule has 0 bridgehead atoms. The fraction of sp³-hybridized carbons (Fsp3) is 0.176. The summed E-state index contributed by atoms with van der Waals surface area (Å²) in [6.45, 7) is 3.43. The van der Waals surface area contributed by atoms with Crippen LogP contribution in [0, 0.1) is 6.92 Å². The first-order chi connectivity index (χ1) is 12.4. The number of nitrogens with one attached hydrogen (secondary N) is 3. The lowest BCUT2D eigenvalue weighted by Crippen LogP contribution is -2.41. The van der Waals surface area contributed by atoms with Crippen LogP contribution in [0.25, 0.3) is 11.0 Å². The van der Waals surface area contributed by atoms with Crippen LogP contribution < -0.4 is 10.6 Å². The van der Waals surface area contributed by atoms with Crippen LogP contribution in [-0.2, 0) is 4.79 Å². The number of H-pyrrole nitrogens is 1. The standard InChI is InChI=1S/C17H15Cl2N5O2/c1-8-12-6-10(7-20-15(12)24-23-8)22-16(25)9(2)21-17(26)11-4-3-5-13(18)14(11)19/h3-7,9H,1-2H3,(H,21,26)(H,22,25)(H,20,23,24). The number of benzene rings is 1. The lowest BCUT2D eigenvalue weighted by molar-refractivity contribution is -0.117. The maximum absolute atomic E-state index is 12.4. The van der Waals surface area contributed by atoms with E-state index in [2.05, 4.69) is 25.8 Å². The molecule has 0 saturated heterocycles. The Morgan fingerprint density at radius 3 is 2.81 bits per heavy atom. The SMILES string of the molecule is Cc1[nH]nc2ncc(NC(=O)C(C)NC(=O)c3cccc(Cl)c3Cl)cc12. The third-order valence-corrected chi connectivity index (χ3v) is 4.62. The second-order valence-electron chi connectivity index (χ2n) is 5.73. The van der Waals surface area contributed by atoms with Crippen molar-refractivity contribution in [1.29, 1.82) is 0 Å². The first-order valence-electron chi connectivity index (χ1n) is 7.73. The number of aromatic amines is 1. The van der Waals surface area contributed by atoms with E-state index in [1.165, 1.54) is 12.3 Å². The highest BCUT2D eigenvalue weighted by atomic mass is 35.5. The molecule has 9 heteroatoms. The van der Waals surface area contributed by atoms with Crippen molar-refractivity contribution in [1.82, 2.24) is 20.5 Å². The molecule has 0 radical (unpaired) electrons. The van der Waals surface area contributed by atoms with Crippen LogP contribution in [0.1, 0.15) is 23.0 Å². The molecule has 7 nitrogen and oxygen atoms in total. The number of fused-ring (bicyclic) bond motifs is 1. The third-order valence-electron chi connectivity index (χ3n) is 3.80. The summed E-state index contributed by atoms with van der Waals surface area (Å²) in [6, 6.07) is 5.70. The van der Waals surface area contributed by atoms with Crippen molar-refractivity contribution in [3.8, 4) is 0 Å². The van der Waals surface area contributed by atoms with Crippen molar-refractivity contribution in [2.24, 2.45) is 0 Å². The van der Waals surface area contributed by atoms with E-state index in [1.54, 1.807) is 25.1 Å². The lowest BCUT2D eigenvalue weighted by Gasteiger charge is -2.15. The van der Waals surface area contributed by atoms with Gasteiger partial charge in [-0.2, -0.15) is 5.10 Å². The van der Waals surface area contributed by atoms with Gasteiger partial charge in [-0.3, -0.25) is 14.7 Å². The second-order valence-corrected chi connectivity index (χ2v) is 6.51. The molecule has 3 aromatic rings. The molecule has 0 aliphatic rings. The van der Waals surface area contributed by atoms with Gasteiger partial charge in [-0.25, -0.2) is 4.98 Å². The quantitative estimate of drug-likeness (QED) is 0.634. The summed E-state index contributed by atoms with van der Waals surface area (Å²) in [4.78, 5) is 28.8. The fourth-order valence-corrected chi connectivity index (χ4v) is 2.74. The molecule has 2 aromatic heterocycles. The van der Waals surface area contributed by atoms with Crippen molar-refractivity contribution >= 4 is 51.7 Å². The molecule has 0 spiro atoms. The summed E-state index contributed by atoms with van der Waals surface area (Å²) in [5.41, 5.74) is 2.13. The number of hydrogen-bond acceptors (Lipinski definition) is 4. The van der Waals surface area contributed by atoms with Crippen LogP contribution in [0.3, 0.4) is 0 Å². The molecule has 0 aliphatic heterocycles. The molecule has 1 aromatic carbocycles. The van der Waals surface area contributed by atoms with E-state index in [1.807, 2.05) is 6.92 Å². The Morgan fingerprint density at radius 2 is 2.04 bits per heavy atom. The number of carbonyl (C=O) groups excluding carboxylic acids is 2. The molecule has 26 heavy (non-hydrogen) atoms. The van der Waals surface area contributed by atoms with Gasteiger partial charge in [0.15, 0.2) is 5.65 Å². The zero-order valence-corrected chi connectivity index (χ0v) is 15.4. The van der Waals surface area contributed by atoms with Gasteiger partial charge in [0.25, 0.3) is 5.91 Å². The molecular formula is C17H15Cl2N5O2. The minimum Gasteiger partial charge on any atom is -0.340 e. The van der Waals surface area contributed by atoms with Crippen molar-refractivity contribution in [3.63, 3.8) is 0 Å². The summed E-state index contributed by atoms with van der Waals surface area (Å²) in [6.07, 6.45) is 1.50. The number of pyridine rings is 1. The number of aromatic nitrogens is 3. The van der Waals surface area contributed by atoms with Crippen LogP contribution in [0.5, 0.6) is 0 Å². The predicted molar refractivity (Wildman–Crippen MR) is 101 cm³/mol. The van der Waals surface area contributed by atoms with E-state index >= 15 is 0 Å². The highest BCUT2D eigenvalue weighted by molar-refractivity contribution is 6.43. The van der Waals surface area contributed by atoms with E-state index in [4.69, 9.17) is 23.2 Å². The number of amides is 2. The van der Waals surface area contributed by atoms with Crippen LogP contribution in [-0.4, -0.2) is 33.0 Å². The maximum atomic E-state index is 12.4. The number of carbonyl (C=O) groups is 2. The highest BCUT2D eigenvalue weighted by Gasteiger charge is 2.19. The average molecular weight is 392 g/mol. The number of hydrogen-bond donors (Lipinski definition) is 3. The zero-order valence-electron chi connectivity index (χ0n) is 13.9. The Labute approximate surface area is 159 Å². The van der Waals surface area contributed by atoms with Crippen LogP contribution in [0.2, 0.25) is 10.0 Å². The van der Waals surface area contributed by atoms with Gasteiger partial charge in [-0.1, -0.05) is 29.3 Å². The van der Waals surface area contributed by atoms with Crippen molar-refractivity contribution < 1.29 is 9.59 Å². The highest BCUT2D eigenvalue weighted by Crippen LogP contribution is 2.25. The first kappa shape index (κ1) is 18.2. The van der Waals surface area contributed by atoms with E-state index in [-0.39, 0.29) is 15.6 Å². The zero-order chi connectivity index (χ0) is 18.8. The van der Waals surface area contributed by atoms with Crippen molar-refractivity contribution in [3.05, 3.63) is 51.8 Å². The first-order valence-corrected chi connectivity index (χ1v) is 8.49. The van der Waals surface area contributed by atoms with Crippen LogP contribution in [0.15, 0.2) is 30.5 Å². The van der Waals surface area contributed by atoms with Gasteiger partial charge in [0.05, 0.1) is 27.5 Å². The average Bonchev–Trinajstić information content (AvgIpc) is 2.98. The Morgan fingerprint density at radius 1 is 1.27 bits per heavy atom. The van der Waals surface area contributed by atoms with E-state index < -0.39 is 17.9 Å². The number of rotatable bonds is 4. The van der Waals surface area contributed by atoms with E-state index in [0.717, 1.165) is 11.1 Å². The smallest absolute Gasteiger partial charge is 0.253 e. The normalized spacial score (nSPS) is 12.0. The molecule has 1 atom stereocenters. The number of anilines is 1. The molecule has 2 amide bonds. The van der Waals surface area contributed by atoms with Gasteiger partial charge in [-0.05, 0) is 32.0 Å². The minimum absolute atomic E-state index is 0.143. The Bertz CT molecular complexity index is 1000. The minimum atomic E-state index is -0.793. The predicted octanol–water partition coefficient (Wildman–Crippen LogP) is 3.33. The number of halogens is 2. The molecule has 0 fully saturated rings. The molecule has 0 saturated carbocycles. The molecule has 134 valence electrons. The Hall–Kier alpha value is -2.64. The molecule has 3 N–H and O–H groups in total. The Balaban J connectivity index is 1.69. The van der Waals surface area contributed by atoms with Gasteiger partial charge >= 0.3 is 0 Å². The second kappa shape index (κ2) is 7.31. The summed E-state index contributed by atoms with van der Waals surface area (Å²) >= 11 is 11.9. The fourth-order valence-electron chi connectivity index (χ4n) is 2.36. The van der Waals surface area contributed by atoms with E-state index in [0.29, 0.717) is 11.3 Å². The molecular weight excluding hydrogens is 377 g/mol. The largest absolute Gasteiger partial charge is 0.340 e. The van der Waals surface area contributed by atoms with Gasteiger partial charge in [0.2, 0.25) is 5.91 Å². The van der Waals surface area contributed by atoms with Gasteiger partial charge in [0, 0.05) is 11.1 Å². The van der Waals surface area contributed by atoms with Gasteiger partial charge in [0.1, 0.15) is 6.04 Å². The van der Waals surface area contributed by atoms with Gasteiger partial charge < -0.3 is 10.6 Å². The number of aryl methyl sites for hydroxylation is 1. The molecule has 2 heterocycles. The van der Waals surface area contributed by atoms with E-state index in [9.17, 15) is 9.59 Å². The van der Waals surface area contributed by atoms with Crippen LogP contribution >= 0.6 is 23.2 Å². The topological polar surface area (TPSA) is 99.8 Å². The van der Waals surface area contributed by atoms with Crippen LogP contribution in [0.4, 0.5) is 5.69 Å². The Kier molecular flexibility index (Phi) is 5.11. The van der Waals surface area contributed by atoms with Crippen molar-refractivity contribution in [2.75, 3.05) is 5.32 Å². The summed E-state index contributed by atoms with van der Waals surface area (Å²) in [7, 11) is 0. The summed E-state index contributed by atoms with van der Waals surface area (Å²) in [5, 5.41) is 13.4. The molecule has 0 aliphatic carbocycles. The summed E-state index contributed by atoms with van der Waals surface area (Å²) in [5.74, 6) is -0.877. The lowest BCUT2D eigenvalue weighted by atomic mass is 10.2. The van der Waals surface area contributed by atoms with Gasteiger partial charge in [-0.15, -0.1) is 0 Å². The maximum Gasteiger partial charge on any atom is 0.253 e. The van der Waals surface area contributed by atoms with Crippen molar-refractivity contribution in [2.45, 2.75) is 19.9 Å². The molecule has 3 rings (SSSR count). The molecule has 1 unspecified atom stereocenters. The summed E-state index contributed by atoms with van der Waals surface area (Å²) < 4.78 is 0. The third kappa shape index (κ3) is 3.63.